The van der Waals surface area contributed by atoms with Crippen molar-refractivity contribution in [1.82, 2.24) is 4.98 Å². The Labute approximate surface area is 223 Å². The smallest absolute Gasteiger partial charge is 0.416 e. The third-order valence-corrected chi connectivity index (χ3v) is 8.11. The molecule has 0 radical (unpaired) electrons. The van der Waals surface area contributed by atoms with Gasteiger partial charge < -0.3 is 20.8 Å². The highest BCUT2D eigenvalue weighted by Gasteiger charge is 2.39. The molecule has 1 fully saturated rings. The number of alkyl halides is 3. The Morgan fingerprint density at radius 3 is 2.61 bits per heavy atom. The van der Waals surface area contributed by atoms with E-state index in [1.165, 1.54) is 12.1 Å². The number of aliphatic carboxylic acids is 1. The zero-order valence-electron chi connectivity index (χ0n) is 19.7. The topological polar surface area (TPSA) is 124 Å². The molecule has 5 rings (SSSR count). The van der Waals surface area contributed by atoms with Gasteiger partial charge in [0.1, 0.15) is 5.54 Å². The van der Waals surface area contributed by atoms with Crippen molar-refractivity contribution < 1.29 is 28.2 Å². The van der Waals surface area contributed by atoms with Crippen molar-refractivity contribution in [2.45, 2.75) is 31.0 Å². The summed E-state index contributed by atoms with van der Waals surface area (Å²) in [5.74, 6) is -1.41. The summed E-state index contributed by atoms with van der Waals surface area (Å²) in [6.45, 7) is 0.605. The second-order valence-corrected chi connectivity index (χ2v) is 10.6. The van der Waals surface area contributed by atoms with Crippen molar-refractivity contribution in [2.75, 3.05) is 18.0 Å². The molecule has 2 aliphatic rings. The van der Waals surface area contributed by atoms with E-state index in [1.807, 2.05) is 4.90 Å². The number of nitrogens with zero attached hydrogens (tertiary/aromatic N) is 4. The molecule has 1 saturated heterocycles. The van der Waals surface area contributed by atoms with Crippen LogP contribution < -0.4 is 21.2 Å². The number of halogens is 4. The summed E-state index contributed by atoms with van der Waals surface area (Å²) in [6.07, 6.45) is -2.89. The Morgan fingerprint density at radius 2 is 1.92 bits per heavy atom. The quantitative estimate of drug-likeness (QED) is 0.437. The monoisotopic (exact) mass is 563 g/mol. The molecule has 0 amide bonds. The number of aromatic hydroxyl groups is 1. The molecule has 2 aromatic carbocycles. The van der Waals surface area contributed by atoms with Gasteiger partial charge in [-0.1, -0.05) is 35.1 Å². The standard InChI is InChI=1S/C25H21ClF3N5O3S/c26-16-3-1-14(18(11-16)25(27,28)29)10-17(13-2-4-19-15(9-13)12-31-33-19)20-21(35)32-23(38-20)34-7-5-24(30,6-8-34)22(36)37/h1-4,9,11-12,35H,5-8,10,30H2,(H,36,37). The summed E-state index contributed by atoms with van der Waals surface area (Å²) in [6, 6.07) is 8.78. The third kappa shape index (κ3) is 4.98. The molecule has 0 aliphatic carbocycles. The maximum Gasteiger partial charge on any atom is 0.416 e. The SMILES string of the molecule is NC1(C(=O)O)CCN(c2nc(O)c(C(Cc3ccc(Cl)cc3C(F)(F)F)=c3ccc4c(c3)C=NN=4)s2)CC1. The molecule has 198 valence electrons. The number of hydrogen-bond donors (Lipinski definition) is 3. The Hall–Kier alpha value is -3.48. The molecule has 3 aromatic rings. The van der Waals surface area contributed by atoms with Crippen LogP contribution in [0.4, 0.5) is 18.3 Å². The molecule has 13 heteroatoms. The lowest BCUT2D eigenvalue weighted by Gasteiger charge is -2.35. The molecule has 0 unspecified atom stereocenters. The molecule has 3 heterocycles. The van der Waals surface area contributed by atoms with Crippen molar-refractivity contribution in [3.8, 4) is 5.88 Å². The predicted molar refractivity (Wildman–Crippen MR) is 137 cm³/mol. The molecule has 0 atom stereocenters. The Bertz CT molecular complexity index is 1580. The van der Waals surface area contributed by atoms with E-state index in [0.29, 0.717) is 44.8 Å². The molecular weight excluding hydrogens is 543 g/mol. The van der Waals surface area contributed by atoms with Crippen LogP contribution >= 0.6 is 22.9 Å². The fourth-order valence-electron chi connectivity index (χ4n) is 4.50. The van der Waals surface area contributed by atoms with E-state index >= 15 is 0 Å². The molecule has 2 aliphatic heterocycles. The predicted octanol–water partition coefficient (Wildman–Crippen LogP) is 3.31. The zero-order valence-corrected chi connectivity index (χ0v) is 21.2. The fourth-order valence-corrected chi connectivity index (χ4v) is 5.75. The summed E-state index contributed by atoms with van der Waals surface area (Å²) in [5, 5.41) is 29.7. The van der Waals surface area contributed by atoms with E-state index < -0.39 is 23.2 Å². The van der Waals surface area contributed by atoms with Gasteiger partial charge in [-0.25, -0.2) is 0 Å². The Kier molecular flexibility index (Phi) is 6.66. The average molecular weight is 564 g/mol. The largest absolute Gasteiger partial charge is 0.492 e. The van der Waals surface area contributed by atoms with Crippen molar-refractivity contribution >= 4 is 45.8 Å². The van der Waals surface area contributed by atoms with Crippen molar-refractivity contribution in [3.63, 3.8) is 0 Å². The van der Waals surface area contributed by atoms with Gasteiger partial charge in [0.25, 0.3) is 0 Å². The normalized spacial score (nSPS) is 17.2. The van der Waals surface area contributed by atoms with Crippen LogP contribution in [0.2, 0.25) is 5.02 Å². The molecule has 4 N–H and O–H groups in total. The summed E-state index contributed by atoms with van der Waals surface area (Å²) >= 11 is 7.00. The third-order valence-electron chi connectivity index (χ3n) is 6.71. The maximum absolute atomic E-state index is 13.9. The van der Waals surface area contributed by atoms with Gasteiger partial charge in [0.15, 0.2) is 5.13 Å². The second kappa shape index (κ2) is 9.68. The summed E-state index contributed by atoms with van der Waals surface area (Å²) in [4.78, 5) is 17.9. The maximum atomic E-state index is 13.9. The van der Waals surface area contributed by atoms with Gasteiger partial charge in [-0.15, -0.1) is 0 Å². The lowest BCUT2D eigenvalue weighted by atomic mass is 9.89. The van der Waals surface area contributed by atoms with Crippen LogP contribution in [0.25, 0.3) is 5.57 Å². The van der Waals surface area contributed by atoms with Crippen molar-refractivity contribution in [3.05, 3.63) is 73.6 Å². The van der Waals surface area contributed by atoms with Gasteiger partial charge in [-0.05, 0) is 53.5 Å². The number of aromatic nitrogens is 1. The highest BCUT2D eigenvalue weighted by atomic mass is 35.5. The zero-order chi connectivity index (χ0) is 27.2. The van der Waals surface area contributed by atoms with E-state index in [-0.39, 0.29) is 35.7 Å². The van der Waals surface area contributed by atoms with E-state index in [1.54, 1.807) is 24.4 Å². The number of hydrogen-bond acceptors (Lipinski definition) is 8. The van der Waals surface area contributed by atoms with Crippen LogP contribution in [0.15, 0.2) is 46.6 Å². The number of rotatable bonds is 5. The number of carboxylic acids is 1. The van der Waals surface area contributed by atoms with E-state index in [2.05, 4.69) is 15.2 Å². The van der Waals surface area contributed by atoms with Crippen LogP contribution in [0, 0.1) is 0 Å². The average Bonchev–Trinajstić information content (AvgIpc) is 3.49. The molecular formula is C25H21ClF3N5O3S. The Morgan fingerprint density at radius 1 is 1.18 bits per heavy atom. The highest BCUT2D eigenvalue weighted by Crippen LogP contribution is 2.40. The van der Waals surface area contributed by atoms with E-state index in [4.69, 9.17) is 17.3 Å². The second-order valence-electron chi connectivity index (χ2n) is 9.17. The number of piperidine rings is 1. The highest BCUT2D eigenvalue weighted by molar-refractivity contribution is 7.17. The molecule has 1 aromatic heterocycles. The summed E-state index contributed by atoms with van der Waals surface area (Å²) in [5.41, 5.74) is 4.88. The number of nitrogens with two attached hydrogens (primary N) is 1. The van der Waals surface area contributed by atoms with Gasteiger partial charge in [-0.2, -0.15) is 28.4 Å². The summed E-state index contributed by atoms with van der Waals surface area (Å²) < 4.78 is 41.7. The van der Waals surface area contributed by atoms with Gasteiger partial charge in [0.2, 0.25) is 5.88 Å². The molecule has 0 bridgehead atoms. The first-order chi connectivity index (χ1) is 17.9. The minimum atomic E-state index is -4.64. The minimum absolute atomic E-state index is 0.0163. The Balaban J connectivity index is 1.60. The minimum Gasteiger partial charge on any atom is -0.492 e. The van der Waals surface area contributed by atoms with Gasteiger partial charge >= 0.3 is 12.1 Å². The number of carboxylic acid groups (broad SMARTS) is 1. The number of carbonyl (C=O) groups is 1. The van der Waals surface area contributed by atoms with Crippen LogP contribution in [0.3, 0.4) is 0 Å². The molecule has 0 saturated carbocycles. The van der Waals surface area contributed by atoms with E-state index in [9.17, 15) is 28.2 Å². The first-order valence-electron chi connectivity index (χ1n) is 11.5. The van der Waals surface area contributed by atoms with Crippen molar-refractivity contribution in [1.29, 1.82) is 0 Å². The van der Waals surface area contributed by atoms with Crippen LogP contribution in [-0.4, -0.2) is 46.0 Å². The van der Waals surface area contributed by atoms with Crippen LogP contribution in [0.5, 0.6) is 5.88 Å². The first kappa shape index (κ1) is 26.1. The lowest BCUT2D eigenvalue weighted by Crippen LogP contribution is -2.55. The van der Waals surface area contributed by atoms with Crippen LogP contribution in [-0.2, 0) is 17.4 Å². The number of thiazole rings is 1. The first-order valence-corrected chi connectivity index (χ1v) is 12.7. The fraction of sp³-hybridized carbons (Fsp3) is 0.280. The lowest BCUT2D eigenvalue weighted by molar-refractivity contribution is -0.144. The van der Waals surface area contributed by atoms with Gasteiger partial charge in [0, 0.05) is 30.1 Å². The number of anilines is 1. The van der Waals surface area contributed by atoms with E-state index in [0.717, 1.165) is 17.4 Å². The molecule has 0 spiro atoms. The van der Waals surface area contributed by atoms with Gasteiger partial charge in [0.05, 0.1) is 22.0 Å². The molecule has 8 nitrogen and oxygen atoms in total. The summed E-state index contributed by atoms with van der Waals surface area (Å²) in [7, 11) is 0. The van der Waals surface area contributed by atoms with Gasteiger partial charge in [-0.3, -0.25) is 4.79 Å². The van der Waals surface area contributed by atoms with Crippen LogP contribution in [0.1, 0.15) is 34.4 Å². The van der Waals surface area contributed by atoms with Crippen molar-refractivity contribution in [2.24, 2.45) is 15.9 Å². The number of benzene rings is 2. The number of fused-ring (bicyclic) bond motifs is 1. The molecule has 38 heavy (non-hydrogen) atoms.